The van der Waals surface area contributed by atoms with Crippen molar-refractivity contribution < 1.29 is 24.9 Å². The number of carboxylic acid groups (broad SMARTS) is 1. The third-order valence-electron chi connectivity index (χ3n) is 2.12. The molecule has 0 heterocycles. The normalized spacial score (nSPS) is 14.4. The molecule has 108 valence electrons. The third kappa shape index (κ3) is 9.28. The minimum atomic E-state index is -1.02. The van der Waals surface area contributed by atoms with Crippen molar-refractivity contribution in [3.8, 4) is 0 Å². The van der Waals surface area contributed by atoms with Gasteiger partial charge in [0.05, 0.1) is 19.8 Å². The van der Waals surface area contributed by atoms with Gasteiger partial charge in [0.2, 0.25) is 0 Å². The molecule has 2 atom stereocenters. The predicted molar refractivity (Wildman–Crippen MR) is 65.3 cm³/mol. The van der Waals surface area contributed by atoms with Gasteiger partial charge < -0.3 is 36.4 Å². The zero-order valence-corrected chi connectivity index (χ0v) is 10.3. The van der Waals surface area contributed by atoms with E-state index in [4.69, 9.17) is 25.8 Å². The van der Waals surface area contributed by atoms with Crippen molar-refractivity contribution in [3.05, 3.63) is 0 Å². The maximum atomic E-state index is 10.9. The molecule has 0 aromatic heterocycles. The smallest absolute Gasteiger partial charge is 0.323 e. The summed E-state index contributed by atoms with van der Waals surface area (Å²) in [5.41, 5.74) is 5.28. The minimum absolute atomic E-state index is 0.0662. The molecule has 0 saturated carbocycles. The highest BCUT2D eigenvalue weighted by Gasteiger charge is 2.17. The molecule has 0 spiro atoms. The highest BCUT2D eigenvalue weighted by molar-refractivity contribution is 5.73. The van der Waals surface area contributed by atoms with E-state index in [1.54, 1.807) is 0 Å². The first-order chi connectivity index (χ1) is 8.61. The molecule has 0 bridgehead atoms. The molecule has 18 heavy (non-hydrogen) atoms. The summed E-state index contributed by atoms with van der Waals surface area (Å²) in [4.78, 5) is 10.9. The van der Waals surface area contributed by atoms with Crippen molar-refractivity contribution in [1.29, 1.82) is 0 Å². The summed E-state index contributed by atoms with van der Waals surface area (Å²) in [5, 5.41) is 32.3. The van der Waals surface area contributed by atoms with Crippen molar-refractivity contribution in [2.45, 2.75) is 12.1 Å². The van der Waals surface area contributed by atoms with E-state index in [9.17, 15) is 4.79 Å². The standard InChI is InChI=1S/C10H23N3O5/c11-1-2-12-3-4-13-9(10(16)17)7-18-6-8(15)5-14/h8-9,12-15H,1-7,11H2,(H,16,17). The van der Waals surface area contributed by atoms with Crippen LogP contribution in [0.3, 0.4) is 0 Å². The van der Waals surface area contributed by atoms with Gasteiger partial charge in [0, 0.05) is 26.2 Å². The van der Waals surface area contributed by atoms with Crippen molar-refractivity contribution >= 4 is 5.97 Å². The van der Waals surface area contributed by atoms with E-state index in [1.807, 2.05) is 0 Å². The van der Waals surface area contributed by atoms with Gasteiger partial charge in [-0.05, 0) is 0 Å². The van der Waals surface area contributed by atoms with E-state index in [2.05, 4.69) is 10.6 Å². The van der Waals surface area contributed by atoms with E-state index in [0.29, 0.717) is 26.2 Å². The zero-order valence-electron chi connectivity index (χ0n) is 10.3. The second kappa shape index (κ2) is 11.3. The number of nitrogens with one attached hydrogen (secondary N) is 2. The fraction of sp³-hybridized carbons (Fsp3) is 0.900. The molecule has 0 radical (unpaired) electrons. The Balaban J connectivity index is 3.69. The summed E-state index contributed by atoms with van der Waals surface area (Å²) < 4.78 is 4.99. The third-order valence-corrected chi connectivity index (χ3v) is 2.12. The molecule has 0 amide bonds. The number of hydrogen-bond donors (Lipinski definition) is 6. The number of ether oxygens (including phenoxy) is 1. The maximum Gasteiger partial charge on any atom is 0.323 e. The van der Waals surface area contributed by atoms with E-state index in [1.165, 1.54) is 0 Å². The molecular formula is C10H23N3O5. The van der Waals surface area contributed by atoms with Gasteiger partial charge in [0.1, 0.15) is 12.1 Å². The van der Waals surface area contributed by atoms with Gasteiger partial charge in [-0.25, -0.2) is 0 Å². The average molecular weight is 265 g/mol. The number of aliphatic carboxylic acids is 1. The Kier molecular flexibility index (Phi) is 10.8. The SMILES string of the molecule is NCCNCCNC(COCC(O)CO)C(=O)O. The lowest BCUT2D eigenvalue weighted by Crippen LogP contribution is -2.44. The molecule has 8 nitrogen and oxygen atoms in total. The van der Waals surface area contributed by atoms with Crippen LogP contribution in [-0.4, -0.2) is 79.4 Å². The lowest BCUT2D eigenvalue weighted by molar-refractivity contribution is -0.141. The first kappa shape index (κ1) is 17.2. The zero-order chi connectivity index (χ0) is 13.8. The second-order valence-corrected chi connectivity index (χ2v) is 3.76. The van der Waals surface area contributed by atoms with Crippen LogP contribution in [-0.2, 0) is 9.53 Å². The van der Waals surface area contributed by atoms with Gasteiger partial charge in [0.15, 0.2) is 0 Å². The molecule has 0 aromatic carbocycles. The molecule has 0 aliphatic rings. The van der Waals surface area contributed by atoms with Crippen molar-refractivity contribution in [3.63, 3.8) is 0 Å². The molecule has 2 unspecified atom stereocenters. The number of aliphatic hydroxyl groups excluding tert-OH is 2. The Labute approximate surface area is 106 Å². The average Bonchev–Trinajstić information content (AvgIpc) is 2.35. The van der Waals surface area contributed by atoms with Gasteiger partial charge >= 0.3 is 5.97 Å². The lowest BCUT2D eigenvalue weighted by Gasteiger charge is -2.16. The topological polar surface area (TPSA) is 137 Å². The van der Waals surface area contributed by atoms with Crippen LogP contribution < -0.4 is 16.4 Å². The van der Waals surface area contributed by atoms with Crippen LogP contribution in [0.15, 0.2) is 0 Å². The van der Waals surface area contributed by atoms with Crippen LogP contribution in [0.5, 0.6) is 0 Å². The summed E-state index contributed by atoms with van der Waals surface area (Å²) in [6.45, 7) is 1.73. The first-order valence-electron chi connectivity index (χ1n) is 5.85. The van der Waals surface area contributed by atoms with Crippen LogP contribution >= 0.6 is 0 Å². The number of aliphatic hydroxyl groups is 2. The Morgan fingerprint density at radius 3 is 2.56 bits per heavy atom. The van der Waals surface area contributed by atoms with Gasteiger partial charge in [-0.2, -0.15) is 0 Å². The molecule has 7 N–H and O–H groups in total. The van der Waals surface area contributed by atoms with Crippen molar-refractivity contribution in [2.24, 2.45) is 5.73 Å². The maximum absolute atomic E-state index is 10.9. The fourth-order valence-corrected chi connectivity index (χ4v) is 1.15. The van der Waals surface area contributed by atoms with E-state index in [0.717, 1.165) is 0 Å². The summed E-state index contributed by atoms with van der Waals surface area (Å²) in [5.74, 6) is -1.02. The van der Waals surface area contributed by atoms with Crippen LogP contribution in [0.2, 0.25) is 0 Å². The Morgan fingerprint density at radius 2 is 2.00 bits per heavy atom. The monoisotopic (exact) mass is 265 g/mol. The first-order valence-corrected chi connectivity index (χ1v) is 5.85. The quantitative estimate of drug-likeness (QED) is 0.205. The lowest BCUT2D eigenvalue weighted by atomic mass is 10.3. The fourth-order valence-electron chi connectivity index (χ4n) is 1.15. The van der Waals surface area contributed by atoms with Crippen LogP contribution in [0, 0.1) is 0 Å². The van der Waals surface area contributed by atoms with E-state index in [-0.39, 0.29) is 13.2 Å². The Morgan fingerprint density at radius 1 is 1.28 bits per heavy atom. The summed E-state index contributed by atoms with van der Waals surface area (Å²) >= 11 is 0. The van der Waals surface area contributed by atoms with Gasteiger partial charge in [-0.3, -0.25) is 4.79 Å². The highest BCUT2D eigenvalue weighted by atomic mass is 16.5. The molecule has 0 rings (SSSR count). The van der Waals surface area contributed by atoms with Crippen LogP contribution in [0.4, 0.5) is 0 Å². The predicted octanol–water partition coefficient (Wildman–Crippen LogP) is -3.05. The van der Waals surface area contributed by atoms with E-state index >= 15 is 0 Å². The van der Waals surface area contributed by atoms with Crippen LogP contribution in [0.1, 0.15) is 0 Å². The van der Waals surface area contributed by atoms with Gasteiger partial charge in [-0.15, -0.1) is 0 Å². The number of carbonyl (C=O) groups is 1. The molecule has 8 heteroatoms. The molecule has 0 aliphatic heterocycles. The Bertz CT molecular complexity index is 218. The van der Waals surface area contributed by atoms with Crippen molar-refractivity contribution in [1.82, 2.24) is 10.6 Å². The van der Waals surface area contributed by atoms with Crippen molar-refractivity contribution in [2.75, 3.05) is 46.0 Å². The molecule has 0 aliphatic carbocycles. The molecular weight excluding hydrogens is 242 g/mol. The van der Waals surface area contributed by atoms with E-state index < -0.39 is 24.7 Å². The van der Waals surface area contributed by atoms with Crippen LogP contribution in [0.25, 0.3) is 0 Å². The number of hydrogen-bond acceptors (Lipinski definition) is 7. The molecule has 0 aromatic rings. The number of rotatable bonds is 12. The Hall–Kier alpha value is -0.770. The highest BCUT2D eigenvalue weighted by Crippen LogP contribution is 1.89. The summed E-state index contributed by atoms with van der Waals surface area (Å²) in [6, 6.07) is -0.837. The molecule has 0 saturated heterocycles. The summed E-state index contributed by atoms with van der Waals surface area (Å²) in [6.07, 6.45) is -0.981. The number of carboxylic acids is 1. The molecule has 0 fully saturated rings. The van der Waals surface area contributed by atoms with Gasteiger partial charge in [-0.1, -0.05) is 0 Å². The largest absolute Gasteiger partial charge is 0.480 e. The van der Waals surface area contributed by atoms with Gasteiger partial charge in [0.25, 0.3) is 0 Å². The summed E-state index contributed by atoms with van der Waals surface area (Å²) in [7, 11) is 0. The second-order valence-electron chi connectivity index (χ2n) is 3.76. The number of nitrogens with two attached hydrogens (primary N) is 1. The minimum Gasteiger partial charge on any atom is -0.480 e.